The van der Waals surface area contributed by atoms with Gasteiger partial charge in [-0.3, -0.25) is 4.90 Å². The molecule has 142 valence electrons. The van der Waals surface area contributed by atoms with Crippen LogP contribution in [0.5, 0.6) is 0 Å². The lowest BCUT2D eigenvalue weighted by Crippen LogP contribution is -2.33. The van der Waals surface area contributed by atoms with Crippen LogP contribution in [0, 0.1) is 0 Å². The normalized spacial score (nSPS) is 13.4. The molecule has 3 rings (SSSR count). The fraction of sp³-hybridized carbons (Fsp3) is 0.222. The molecule has 1 heterocycles. The molecule has 2 N–H and O–H groups in total. The lowest BCUT2D eigenvalue weighted by molar-refractivity contribution is -0.139. The number of carbonyl (C=O) groups excluding carboxylic acids is 1. The average Bonchev–Trinajstić information content (AvgIpc) is 3.03. The van der Waals surface area contributed by atoms with Crippen LogP contribution < -0.4 is 10.2 Å². The summed E-state index contributed by atoms with van der Waals surface area (Å²) in [5.41, 5.74) is 0.580. The van der Waals surface area contributed by atoms with Crippen LogP contribution in [0.2, 0.25) is 0 Å². The maximum atomic E-state index is 13.3. The lowest BCUT2D eigenvalue weighted by Gasteiger charge is -2.20. The molecule has 0 unspecified atom stereocenters. The molecule has 0 aromatic heterocycles. The fourth-order valence-corrected chi connectivity index (χ4v) is 3.56. The second-order valence-electron chi connectivity index (χ2n) is 5.89. The topological polar surface area (TPSA) is 69.6 Å². The van der Waals surface area contributed by atoms with Gasteiger partial charge in [0.15, 0.2) is 0 Å². The van der Waals surface area contributed by atoms with E-state index in [2.05, 4.69) is 5.32 Å². The van der Waals surface area contributed by atoms with Crippen molar-refractivity contribution < 1.29 is 27.9 Å². The average molecular weight is 396 g/mol. The van der Waals surface area contributed by atoms with Crippen molar-refractivity contribution in [1.29, 1.82) is 0 Å². The van der Waals surface area contributed by atoms with Crippen LogP contribution in [0.25, 0.3) is 0 Å². The van der Waals surface area contributed by atoms with E-state index in [9.17, 15) is 22.8 Å². The number of benzene rings is 2. The van der Waals surface area contributed by atoms with E-state index in [1.54, 1.807) is 6.26 Å². The SMILES string of the molecule is CSc1cc2c(cc1C(F)(F)F)N(C(=O)Nc1ccc(C(=O)O)cc1)CC2. The lowest BCUT2D eigenvalue weighted by atomic mass is 10.1. The largest absolute Gasteiger partial charge is 0.478 e. The Bertz CT molecular complexity index is 898. The van der Waals surface area contributed by atoms with Gasteiger partial charge in [0.2, 0.25) is 0 Å². The fourth-order valence-electron chi connectivity index (χ4n) is 2.90. The zero-order valence-corrected chi connectivity index (χ0v) is 14.9. The van der Waals surface area contributed by atoms with E-state index < -0.39 is 23.7 Å². The number of nitrogens with one attached hydrogen (secondary N) is 1. The number of nitrogens with zero attached hydrogens (tertiary/aromatic N) is 1. The number of carbonyl (C=O) groups is 2. The molecular formula is C18H15F3N2O3S. The number of amides is 2. The van der Waals surface area contributed by atoms with Crippen LogP contribution in [-0.2, 0) is 12.6 Å². The molecule has 2 amide bonds. The van der Waals surface area contributed by atoms with Gasteiger partial charge in [-0.15, -0.1) is 11.8 Å². The van der Waals surface area contributed by atoms with Crippen molar-refractivity contribution in [2.75, 3.05) is 23.0 Å². The molecule has 1 aliphatic heterocycles. The van der Waals surface area contributed by atoms with Gasteiger partial charge in [-0.1, -0.05) is 0 Å². The third kappa shape index (κ3) is 3.87. The van der Waals surface area contributed by atoms with Crippen molar-refractivity contribution in [3.63, 3.8) is 0 Å². The van der Waals surface area contributed by atoms with Gasteiger partial charge in [-0.2, -0.15) is 13.2 Å². The van der Waals surface area contributed by atoms with Crippen LogP contribution in [0.4, 0.5) is 29.3 Å². The summed E-state index contributed by atoms with van der Waals surface area (Å²) in [7, 11) is 0. The highest BCUT2D eigenvalue weighted by Gasteiger charge is 2.36. The van der Waals surface area contributed by atoms with E-state index in [0.29, 0.717) is 17.7 Å². The van der Waals surface area contributed by atoms with Crippen LogP contribution >= 0.6 is 11.8 Å². The maximum absolute atomic E-state index is 13.3. The van der Waals surface area contributed by atoms with Gasteiger partial charge in [0.25, 0.3) is 0 Å². The van der Waals surface area contributed by atoms with Gasteiger partial charge in [-0.05, 0) is 54.6 Å². The number of thioether (sulfide) groups is 1. The molecule has 0 spiro atoms. The molecule has 9 heteroatoms. The molecule has 1 aliphatic rings. The van der Waals surface area contributed by atoms with Crippen LogP contribution in [0.1, 0.15) is 21.5 Å². The van der Waals surface area contributed by atoms with Crippen molar-refractivity contribution in [2.24, 2.45) is 0 Å². The summed E-state index contributed by atoms with van der Waals surface area (Å²) < 4.78 is 39.9. The number of urea groups is 1. The predicted octanol–water partition coefficient (Wildman–Crippen LogP) is 4.72. The highest BCUT2D eigenvalue weighted by molar-refractivity contribution is 7.98. The van der Waals surface area contributed by atoms with Crippen LogP contribution in [0.3, 0.4) is 0 Å². The second-order valence-corrected chi connectivity index (χ2v) is 6.74. The zero-order chi connectivity index (χ0) is 19.8. The van der Waals surface area contributed by atoms with Crippen molar-refractivity contribution in [3.8, 4) is 0 Å². The van der Waals surface area contributed by atoms with E-state index in [1.165, 1.54) is 35.2 Å². The Morgan fingerprint density at radius 2 is 1.85 bits per heavy atom. The Morgan fingerprint density at radius 1 is 1.19 bits per heavy atom. The van der Waals surface area contributed by atoms with Gasteiger partial charge < -0.3 is 10.4 Å². The van der Waals surface area contributed by atoms with Crippen LogP contribution in [-0.4, -0.2) is 29.9 Å². The van der Waals surface area contributed by atoms with Gasteiger partial charge in [-0.25, -0.2) is 9.59 Å². The molecule has 2 aromatic carbocycles. The molecule has 2 aromatic rings. The van der Waals surface area contributed by atoms with Gasteiger partial charge in [0.1, 0.15) is 0 Å². The molecular weight excluding hydrogens is 381 g/mol. The number of carboxylic acids is 1. The van der Waals surface area contributed by atoms with Crippen molar-refractivity contribution in [2.45, 2.75) is 17.5 Å². The van der Waals surface area contributed by atoms with E-state index in [-0.39, 0.29) is 22.7 Å². The second kappa shape index (κ2) is 7.15. The maximum Gasteiger partial charge on any atom is 0.417 e. The first-order chi connectivity index (χ1) is 12.7. The van der Waals surface area contributed by atoms with Crippen molar-refractivity contribution >= 4 is 35.1 Å². The molecule has 5 nitrogen and oxygen atoms in total. The number of fused-ring (bicyclic) bond motifs is 1. The Hall–Kier alpha value is -2.68. The Morgan fingerprint density at radius 3 is 2.41 bits per heavy atom. The Balaban J connectivity index is 1.86. The third-order valence-corrected chi connectivity index (χ3v) is 5.01. The van der Waals surface area contributed by atoms with Crippen LogP contribution in [0.15, 0.2) is 41.3 Å². The van der Waals surface area contributed by atoms with Gasteiger partial charge in [0.05, 0.1) is 11.1 Å². The van der Waals surface area contributed by atoms with E-state index >= 15 is 0 Å². The molecule has 0 bridgehead atoms. The number of carboxylic acid groups (broad SMARTS) is 1. The third-order valence-electron chi connectivity index (χ3n) is 4.23. The quantitative estimate of drug-likeness (QED) is 0.737. The highest BCUT2D eigenvalue weighted by atomic mass is 32.2. The summed E-state index contributed by atoms with van der Waals surface area (Å²) in [6.45, 7) is 0.267. The summed E-state index contributed by atoms with van der Waals surface area (Å²) in [4.78, 5) is 24.8. The zero-order valence-electron chi connectivity index (χ0n) is 14.1. The molecule has 0 fully saturated rings. The first-order valence-electron chi connectivity index (χ1n) is 7.90. The summed E-state index contributed by atoms with van der Waals surface area (Å²) >= 11 is 1.02. The van der Waals surface area contributed by atoms with Gasteiger partial charge in [0, 0.05) is 22.8 Å². The molecule has 0 atom stereocenters. The number of aromatic carboxylic acids is 1. The standard InChI is InChI=1S/C18H15F3N2O3S/c1-27-15-8-11-6-7-23(14(11)9-13(15)18(19,20)21)17(26)22-12-4-2-10(3-5-12)16(24)25/h2-5,8-9H,6-7H2,1H3,(H,22,26)(H,24,25). The summed E-state index contributed by atoms with van der Waals surface area (Å²) in [5.74, 6) is -1.09. The molecule has 0 aliphatic carbocycles. The molecule has 0 radical (unpaired) electrons. The monoisotopic (exact) mass is 396 g/mol. The predicted molar refractivity (Wildman–Crippen MR) is 96.7 cm³/mol. The Kier molecular flexibility index (Phi) is 5.05. The summed E-state index contributed by atoms with van der Waals surface area (Å²) in [6, 6.07) is 7.46. The minimum atomic E-state index is -4.51. The minimum absolute atomic E-state index is 0.0685. The highest BCUT2D eigenvalue weighted by Crippen LogP contribution is 2.42. The van der Waals surface area contributed by atoms with Crippen molar-refractivity contribution in [1.82, 2.24) is 0 Å². The van der Waals surface area contributed by atoms with Gasteiger partial charge >= 0.3 is 18.2 Å². The first kappa shape index (κ1) is 19.1. The smallest absolute Gasteiger partial charge is 0.417 e. The van der Waals surface area contributed by atoms with E-state index in [0.717, 1.165) is 17.8 Å². The molecule has 0 saturated carbocycles. The molecule has 27 heavy (non-hydrogen) atoms. The number of rotatable bonds is 3. The van der Waals surface area contributed by atoms with E-state index in [1.807, 2.05) is 0 Å². The first-order valence-corrected chi connectivity index (χ1v) is 9.13. The Labute approximate surface area is 157 Å². The van der Waals surface area contributed by atoms with E-state index in [4.69, 9.17) is 5.11 Å². The van der Waals surface area contributed by atoms with Crippen molar-refractivity contribution in [3.05, 3.63) is 53.1 Å². The molecule has 0 saturated heterocycles. The number of hydrogen-bond donors (Lipinski definition) is 2. The summed E-state index contributed by atoms with van der Waals surface area (Å²) in [6.07, 6.45) is -2.46. The summed E-state index contributed by atoms with van der Waals surface area (Å²) in [5, 5.41) is 11.5. The number of anilines is 2. The number of hydrogen-bond acceptors (Lipinski definition) is 3. The number of halogens is 3. The minimum Gasteiger partial charge on any atom is -0.478 e. The number of alkyl halides is 3.